The van der Waals surface area contributed by atoms with Gasteiger partial charge in [-0.05, 0) is 44.9 Å². The van der Waals surface area contributed by atoms with Crippen molar-refractivity contribution < 1.29 is 49.0 Å². The Hall–Kier alpha value is -1.82. The molecule has 6 atom stereocenters. The molecule has 10 nitrogen and oxygen atoms in total. The minimum atomic E-state index is -1.59. The van der Waals surface area contributed by atoms with E-state index in [4.69, 9.17) is 18.9 Å². The minimum Gasteiger partial charge on any atom is -0.462 e. The maximum Gasteiger partial charge on any atom is 0.306 e. The molecule has 0 aromatic rings. The second kappa shape index (κ2) is 34.7. The molecule has 1 heterocycles. The number of ether oxygens (including phenoxy) is 4. The summed E-state index contributed by atoms with van der Waals surface area (Å²) >= 11 is 0. The molecule has 1 rings (SSSR count). The van der Waals surface area contributed by atoms with Gasteiger partial charge in [0.25, 0.3) is 0 Å². The highest BCUT2D eigenvalue weighted by atomic mass is 16.7. The lowest BCUT2D eigenvalue weighted by molar-refractivity contribution is -0.305. The number of unbranched alkanes of at least 4 members (excludes halogenated alkanes) is 20. The van der Waals surface area contributed by atoms with Crippen LogP contribution in [0, 0.1) is 0 Å². The van der Waals surface area contributed by atoms with Crippen molar-refractivity contribution in [1.29, 1.82) is 0 Å². The first-order valence-corrected chi connectivity index (χ1v) is 21.4. The number of hydrogen-bond donors (Lipinski definition) is 4. The summed E-state index contributed by atoms with van der Waals surface area (Å²) in [5.74, 6) is -0.812. The molecule has 0 aliphatic carbocycles. The molecule has 0 amide bonds. The number of rotatable bonds is 35. The minimum absolute atomic E-state index is 0.218. The van der Waals surface area contributed by atoms with Gasteiger partial charge in [0.2, 0.25) is 0 Å². The maximum absolute atomic E-state index is 12.7. The van der Waals surface area contributed by atoms with Crippen molar-refractivity contribution in [3.8, 4) is 0 Å². The molecule has 310 valence electrons. The molecule has 0 radical (unpaired) electrons. The summed E-state index contributed by atoms with van der Waals surface area (Å²) in [6.07, 6.45) is 29.0. The SMILES string of the molecule is CCCCC/C=C/C/C=C/CCCCCCCCCC(=O)OC[C@@H](CO[C@H]1O[C@@H](CO)[C@@H](O)C(O)C1O)OC(=O)CCCCCCCCCCCCC. The van der Waals surface area contributed by atoms with Gasteiger partial charge >= 0.3 is 11.9 Å². The Morgan fingerprint density at radius 3 is 1.60 bits per heavy atom. The summed E-state index contributed by atoms with van der Waals surface area (Å²) in [5.41, 5.74) is 0. The van der Waals surface area contributed by atoms with E-state index in [0.29, 0.717) is 6.42 Å². The second-order valence-electron chi connectivity index (χ2n) is 14.8. The van der Waals surface area contributed by atoms with Gasteiger partial charge < -0.3 is 39.4 Å². The average molecular weight is 755 g/mol. The largest absolute Gasteiger partial charge is 0.462 e. The summed E-state index contributed by atoms with van der Waals surface area (Å²) < 4.78 is 22.1. The molecular formula is C43H78O10. The molecule has 53 heavy (non-hydrogen) atoms. The molecule has 1 fully saturated rings. The Bertz CT molecular complexity index is 923. The fraction of sp³-hybridized carbons (Fsp3) is 0.860. The molecule has 0 saturated carbocycles. The standard InChI is InChI=1S/C43H78O10/c1-3-5-7-9-11-13-15-16-17-18-19-20-22-23-25-27-29-31-38(45)50-34-36(35-51-43-42(49)41(48)40(47)37(33-44)53-43)52-39(46)32-30-28-26-24-21-14-12-10-8-6-4-2/h11,13,16-17,36-37,40-44,47-49H,3-10,12,14-15,18-35H2,1-2H3/b13-11+,17-16+/t36-,37-,40+,41?,42?,43-/m0/s1. The first-order chi connectivity index (χ1) is 25.8. The Labute approximate surface area is 322 Å². The monoisotopic (exact) mass is 755 g/mol. The van der Waals surface area contributed by atoms with E-state index in [1.165, 1.54) is 89.9 Å². The van der Waals surface area contributed by atoms with Gasteiger partial charge in [-0.15, -0.1) is 0 Å². The number of aliphatic hydroxyl groups is 4. The summed E-state index contributed by atoms with van der Waals surface area (Å²) in [5, 5.41) is 40.0. The van der Waals surface area contributed by atoms with E-state index in [9.17, 15) is 30.0 Å². The van der Waals surface area contributed by atoms with E-state index in [-0.39, 0.29) is 32.0 Å². The highest BCUT2D eigenvalue weighted by Crippen LogP contribution is 2.22. The van der Waals surface area contributed by atoms with Crippen molar-refractivity contribution in [3.05, 3.63) is 24.3 Å². The van der Waals surface area contributed by atoms with Crippen molar-refractivity contribution in [2.45, 2.75) is 218 Å². The quantitative estimate of drug-likeness (QED) is 0.0281. The molecule has 1 saturated heterocycles. The summed E-state index contributed by atoms with van der Waals surface area (Å²) in [6.45, 7) is 3.38. The third-order valence-electron chi connectivity index (χ3n) is 9.84. The smallest absolute Gasteiger partial charge is 0.306 e. The molecular weight excluding hydrogens is 676 g/mol. The second-order valence-corrected chi connectivity index (χ2v) is 14.8. The average Bonchev–Trinajstić information content (AvgIpc) is 3.15. The first-order valence-electron chi connectivity index (χ1n) is 21.4. The van der Waals surface area contributed by atoms with Crippen molar-refractivity contribution >= 4 is 11.9 Å². The lowest BCUT2D eigenvalue weighted by Gasteiger charge is -2.39. The van der Waals surface area contributed by atoms with Crippen molar-refractivity contribution in [2.24, 2.45) is 0 Å². The van der Waals surface area contributed by atoms with Crippen LogP contribution in [-0.4, -0.2) is 89.0 Å². The molecule has 10 heteroatoms. The highest BCUT2D eigenvalue weighted by Gasteiger charge is 2.44. The number of hydrogen-bond acceptors (Lipinski definition) is 10. The van der Waals surface area contributed by atoms with Crippen LogP contribution in [0.4, 0.5) is 0 Å². The van der Waals surface area contributed by atoms with Gasteiger partial charge in [-0.1, -0.05) is 147 Å². The Kier molecular flexibility index (Phi) is 32.2. The molecule has 0 aromatic heterocycles. The van der Waals surface area contributed by atoms with E-state index >= 15 is 0 Å². The first kappa shape index (κ1) is 49.2. The molecule has 1 aliphatic heterocycles. The lowest BCUT2D eigenvalue weighted by atomic mass is 9.99. The van der Waals surface area contributed by atoms with Crippen molar-refractivity contribution in [2.75, 3.05) is 19.8 Å². The van der Waals surface area contributed by atoms with Crippen LogP contribution in [0.15, 0.2) is 24.3 Å². The van der Waals surface area contributed by atoms with Crippen LogP contribution >= 0.6 is 0 Å². The van der Waals surface area contributed by atoms with E-state index in [0.717, 1.165) is 57.8 Å². The van der Waals surface area contributed by atoms with Gasteiger partial charge in [-0.3, -0.25) is 9.59 Å². The van der Waals surface area contributed by atoms with Gasteiger partial charge in [0.05, 0.1) is 13.2 Å². The van der Waals surface area contributed by atoms with E-state index in [2.05, 4.69) is 38.2 Å². The topological polar surface area (TPSA) is 152 Å². The van der Waals surface area contributed by atoms with Crippen LogP contribution in [0.25, 0.3) is 0 Å². The summed E-state index contributed by atoms with van der Waals surface area (Å²) in [4.78, 5) is 25.2. The predicted molar refractivity (Wildman–Crippen MR) is 210 cm³/mol. The van der Waals surface area contributed by atoms with E-state index < -0.39 is 49.4 Å². The fourth-order valence-corrected chi connectivity index (χ4v) is 6.39. The van der Waals surface area contributed by atoms with Crippen LogP contribution in [0.3, 0.4) is 0 Å². The normalized spacial score (nSPS) is 21.1. The van der Waals surface area contributed by atoms with Crippen LogP contribution < -0.4 is 0 Å². The summed E-state index contributed by atoms with van der Waals surface area (Å²) in [7, 11) is 0. The Morgan fingerprint density at radius 2 is 1.06 bits per heavy atom. The highest BCUT2D eigenvalue weighted by molar-refractivity contribution is 5.70. The third kappa shape index (κ3) is 26.6. The van der Waals surface area contributed by atoms with Crippen molar-refractivity contribution in [3.63, 3.8) is 0 Å². The summed E-state index contributed by atoms with van der Waals surface area (Å²) in [6, 6.07) is 0. The van der Waals surface area contributed by atoms with Crippen LogP contribution in [-0.2, 0) is 28.5 Å². The Balaban J connectivity index is 2.33. The van der Waals surface area contributed by atoms with E-state index in [1.807, 2.05) is 0 Å². The molecule has 1 aliphatic rings. The number of allylic oxidation sites excluding steroid dienone is 4. The molecule has 2 unspecified atom stereocenters. The molecule has 0 aromatic carbocycles. The van der Waals surface area contributed by atoms with Gasteiger partial charge in [0, 0.05) is 12.8 Å². The van der Waals surface area contributed by atoms with Gasteiger partial charge in [-0.2, -0.15) is 0 Å². The van der Waals surface area contributed by atoms with Crippen LogP contribution in [0.5, 0.6) is 0 Å². The zero-order valence-electron chi connectivity index (χ0n) is 33.5. The molecule has 0 bridgehead atoms. The number of aliphatic hydroxyl groups excluding tert-OH is 4. The van der Waals surface area contributed by atoms with Gasteiger partial charge in [0.15, 0.2) is 12.4 Å². The fourth-order valence-electron chi connectivity index (χ4n) is 6.39. The number of esters is 2. The lowest BCUT2D eigenvalue weighted by Crippen LogP contribution is -2.59. The predicted octanol–water partition coefficient (Wildman–Crippen LogP) is 8.55. The maximum atomic E-state index is 12.7. The third-order valence-corrected chi connectivity index (χ3v) is 9.84. The van der Waals surface area contributed by atoms with Crippen molar-refractivity contribution in [1.82, 2.24) is 0 Å². The van der Waals surface area contributed by atoms with Crippen LogP contribution in [0.2, 0.25) is 0 Å². The van der Waals surface area contributed by atoms with Gasteiger partial charge in [-0.25, -0.2) is 0 Å². The van der Waals surface area contributed by atoms with E-state index in [1.54, 1.807) is 0 Å². The zero-order valence-corrected chi connectivity index (χ0v) is 33.5. The zero-order chi connectivity index (χ0) is 38.8. The molecule has 0 spiro atoms. The molecule has 4 N–H and O–H groups in total. The van der Waals surface area contributed by atoms with Gasteiger partial charge in [0.1, 0.15) is 31.0 Å². The number of carbonyl (C=O) groups excluding carboxylic acids is 2. The number of carbonyl (C=O) groups is 2. The Morgan fingerprint density at radius 1 is 0.585 bits per heavy atom. The van der Waals surface area contributed by atoms with Crippen LogP contribution in [0.1, 0.15) is 181 Å².